The fourth-order valence-electron chi connectivity index (χ4n) is 1.87. The van der Waals surface area contributed by atoms with Gasteiger partial charge >= 0.3 is 0 Å². The molecular formula is C15H19BrClN3. The zero-order valence-corrected chi connectivity index (χ0v) is 14.3. The van der Waals surface area contributed by atoms with Crippen LogP contribution in [0.15, 0.2) is 28.9 Å². The molecule has 0 aliphatic carbocycles. The molecule has 108 valence electrons. The molecular weight excluding hydrogens is 338 g/mol. The Balaban J connectivity index is 2.05. The van der Waals surface area contributed by atoms with Crippen molar-refractivity contribution in [2.75, 3.05) is 5.32 Å². The maximum Gasteiger partial charge on any atom is 0.0815 e. The smallest absolute Gasteiger partial charge is 0.0815 e. The summed E-state index contributed by atoms with van der Waals surface area (Å²) in [4.78, 5) is 0. The minimum Gasteiger partial charge on any atom is -0.378 e. The second-order valence-corrected chi connectivity index (χ2v) is 6.24. The number of anilines is 1. The van der Waals surface area contributed by atoms with Crippen molar-refractivity contribution in [3.63, 3.8) is 0 Å². The van der Waals surface area contributed by atoms with E-state index in [-0.39, 0.29) is 0 Å². The van der Waals surface area contributed by atoms with Crippen LogP contribution in [-0.2, 0) is 6.54 Å². The topological polar surface area (TPSA) is 29.9 Å². The van der Waals surface area contributed by atoms with Crippen molar-refractivity contribution in [1.29, 1.82) is 0 Å². The summed E-state index contributed by atoms with van der Waals surface area (Å²) in [6.45, 7) is 7.00. The van der Waals surface area contributed by atoms with E-state index < -0.39 is 0 Å². The third-order valence-electron chi connectivity index (χ3n) is 3.41. The number of halogens is 2. The van der Waals surface area contributed by atoms with Crippen LogP contribution in [0.3, 0.4) is 0 Å². The van der Waals surface area contributed by atoms with E-state index in [2.05, 4.69) is 40.2 Å². The summed E-state index contributed by atoms with van der Waals surface area (Å²) in [5.41, 5.74) is 3.07. The monoisotopic (exact) mass is 355 g/mol. The molecule has 2 aromatic rings. The highest BCUT2D eigenvalue weighted by molar-refractivity contribution is 9.10. The van der Waals surface area contributed by atoms with Crippen molar-refractivity contribution >= 4 is 33.2 Å². The first-order valence-electron chi connectivity index (χ1n) is 6.74. The molecule has 1 heterocycles. The summed E-state index contributed by atoms with van der Waals surface area (Å²) in [6, 6.07) is 6.43. The quantitative estimate of drug-likeness (QED) is 0.799. The second-order valence-electron chi connectivity index (χ2n) is 4.98. The van der Waals surface area contributed by atoms with Gasteiger partial charge in [0.2, 0.25) is 0 Å². The molecule has 0 aliphatic heterocycles. The molecule has 0 fully saturated rings. The van der Waals surface area contributed by atoms with Crippen LogP contribution in [-0.4, -0.2) is 9.78 Å². The molecule has 1 unspecified atom stereocenters. The molecule has 2 rings (SSSR count). The number of nitrogens with one attached hydrogen (secondary N) is 1. The molecule has 0 radical (unpaired) electrons. The summed E-state index contributed by atoms with van der Waals surface area (Å²) >= 11 is 9.70. The van der Waals surface area contributed by atoms with Gasteiger partial charge < -0.3 is 5.32 Å². The molecule has 20 heavy (non-hydrogen) atoms. The molecule has 0 spiro atoms. The van der Waals surface area contributed by atoms with Crippen LogP contribution >= 0.6 is 27.5 Å². The minimum atomic E-state index is 0.435. The first-order valence-corrected chi connectivity index (χ1v) is 7.92. The highest BCUT2D eigenvalue weighted by Gasteiger charge is 2.07. The zero-order chi connectivity index (χ0) is 14.7. The van der Waals surface area contributed by atoms with Gasteiger partial charge in [0, 0.05) is 21.7 Å². The van der Waals surface area contributed by atoms with E-state index in [1.807, 2.05) is 36.0 Å². The number of hydrogen-bond donors (Lipinski definition) is 1. The van der Waals surface area contributed by atoms with E-state index in [1.54, 1.807) is 0 Å². The lowest BCUT2D eigenvalue weighted by molar-refractivity contribution is 0.474. The first kappa shape index (κ1) is 15.4. The predicted molar refractivity (Wildman–Crippen MR) is 88.4 cm³/mol. The van der Waals surface area contributed by atoms with Gasteiger partial charge in [-0.25, -0.2) is 0 Å². The Morgan fingerprint density at radius 3 is 2.90 bits per heavy atom. The standard InChI is InChI=1S/C15H19BrClN3/c1-4-11(3)20-6-5-12(19-20)9-18-15-8-14(17)10(2)7-13(15)16/h5-8,11,18H,4,9H2,1-3H3. The third-order valence-corrected chi connectivity index (χ3v) is 4.48. The molecule has 1 aromatic carbocycles. The molecule has 3 nitrogen and oxygen atoms in total. The van der Waals surface area contributed by atoms with Crippen LogP contribution in [0.1, 0.15) is 37.6 Å². The van der Waals surface area contributed by atoms with Gasteiger partial charge in [-0.15, -0.1) is 0 Å². The van der Waals surface area contributed by atoms with E-state index >= 15 is 0 Å². The fourth-order valence-corrected chi connectivity index (χ4v) is 2.63. The lowest BCUT2D eigenvalue weighted by Crippen LogP contribution is -2.06. The normalized spacial score (nSPS) is 12.4. The van der Waals surface area contributed by atoms with Crippen molar-refractivity contribution in [3.05, 3.63) is 45.1 Å². The Morgan fingerprint density at radius 2 is 2.20 bits per heavy atom. The van der Waals surface area contributed by atoms with E-state index in [4.69, 9.17) is 11.6 Å². The van der Waals surface area contributed by atoms with Gasteiger partial charge in [0.15, 0.2) is 0 Å². The van der Waals surface area contributed by atoms with Gasteiger partial charge in [-0.2, -0.15) is 5.10 Å². The predicted octanol–water partition coefficient (Wildman–Crippen LogP) is 5.19. The third kappa shape index (κ3) is 3.55. The number of benzene rings is 1. The summed E-state index contributed by atoms with van der Waals surface area (Å²) in [6.07, 6.45) is 3.11. The molecule has 0 amide bonds. The van der Waals surface area contributed by atoms with Gasteiger partial charge in [0.25, 0.3) is 0 Å². The maximum absolute atomic E-state index is 6.15. The van der Waals surface area contributed by atoms with Crippen LogP contribution in [0.25, 0.3) is 0 Å². The van der Waals surface area contributed by atoms with E-state index in [9.17, 15) is 0 Å². The van der Waals surface area contributed by atoms with Crippen molar-refractivity contribution < 1.29 is 0 Å². The van der Waals surface area contributed by atoms with Crippen molar-refractivity contribution in [2.45, 2.75) is 39.8 Å². The Hall–Kier alpha value is -1.000. The zero-order valence-electron chi connectivity index (χ0n) is 12.0. The number of aromatic nitrogens is 2. The second kappa shape index (κ2) is 6.64. The van der Waals surface area contributed by atoms with E-state index in [0.29, 0.717) is 12.6 Å². The number of hydrogen-bond acceptors (Lipinski definition) is 2. The summed E-state index contributed by atoms with van der Waals surface area (Å²) < 4.78 is 3.02. The SMILES string of the molecule is CCC(C)n1ccc(CNc2cc(Cl)c(C)cc2Br)n1. The van der Waals surface area contributed by atoms with Gasteiger partial charge in [-0.05, 0) is 60.0 Å². The Kier molecular flexibility index (Phi) is 5.11. The van der Waals surface area contributed by atoms with Gasteiger partial charge in [-0.3, -0.25) is 4.68 Å². The molecule has 1 N–H and O–H groups in total. The maximum atomic E-state index is 6.15. The number of rotatable bonds is 5. The van der Waals surface area contributed by atoms with Gasteiger partial charge in [0.1, 0.15) is 0 Å². The van der Waals surface area contributed by atoms with Crippen LogP contribution in [0.5, 0.6) is 0 Å². The lowest BCUT2D eigenvalue weighted by atomic mass is 10.2. The summed E-state index contributed by atoms with van der Waals surface area (Å²) in [7, 11) is 0. The van der Waals surface area contributed by atoms with Crippen LogP contribution in [0, 0.1) is 6.92 Å². The van der Waals surface area contributed by atoms with Crippen molar-refractivity contribution in [2.24, 2.45) is 0 Å². The average molecular weight is 357 g/mol. The molecule has 0 saturated heterocycles. The highest BCUT2D eigenvalue weighted by Crippen LogP contribution is 2.29. The van der Waals surface area contributed by atoms with Crippen LogP contribution < -0.4 is 5.32 Å². The average Bonchev–Trinajstić information content (AvgIpc) is 2.89. The van der Waals surface area contributed by atoms with E-state index in [1.165, 1.54) is 0 Å². The largest absolute Gasteiger partial charge is 0.378 e. The molecule has 0 bridgehead atoms. The minimum absolute atomic E-state index is 0.435. The van der Waals surface area contributed by atoms with Crippen LogP contribution in [0.4, 0.5) is 5.69 Å². The molecule has 5 heteroatoms. The Labute approximate surface area is 133 Å². The lowest BCUT2D eigenvalue weighted by Gasteiger charge is -2.10. The van der Waals surface area contributed by atoms with Gasteiger partial charge in [0.05, 0.1) is 17.9 Å². The van der Waals surface area contributed by atoms with Crippen LogP contribution in [0.2, 0.25) is 5.02 Å². The van der Waals surface area contributed by atoms with Crippen molar-refractivity contribution in [1.82, 2.24) is 9.78 Å². The highest BCUT2D eigenvalue weighted by atomic mass is 79.9. The molecule has 1 atom stereocenters. The fraction of sp³-hybridized carbons (Fsp3) is 0.400. The molecule has 1 aromatic heterocycles. The number of aryl methyl sites for hydroxylation is 1. The van der Waals surface area contributed by atoms with Crippen molar-refractivity contribution in [3.8, 4) is 0 Å². The summed E-state index contributed by atoms with van der Waals surface area (Å²) in [5, 5.41) is 8.70. The first-order chi connectivity index (χ1) is 9.51. The summed E-state index contributed by atoms with van der Waals surface area (Å²) in [5.74, 6) is 0. The molecule has 0 saturated carbocycles. The van der Waals surface area contributed by atoms with Gasteiger partial charge in [-0.1, -0.05) is 18.5 Å². The Bertz CT molecular complexity index is 595. The van der Waals surface area contributed by atoms with E-state index in [0.717, 1.165) is 32.9 Å². The number of nitrogens with zero attached hydrogens (tertiary/aromatic N) is 2. The molecule has 0 aliphatic rings. The Morgan fingerprint density at radius 1 is 1.45 bits per heavy atom.